The third-order valence-electron chi connectivity index (χ3n) is 2.78. The van der Waals surface area contributed by atoms with Gasteiger partial charge in [0.15, 0.2) is 0 Å². The lowest BCUT2D eigenvalue weighted by Crippen LogP contribution is -2.08. The van der Waals surface area contributed by atoms with Crippen LogP contribution in [-0.2, 0) is 4.79 Å². The fourth-order valence-electron chi connectivity index (χ4n) is 1.69. The second-order valence-corrected chi connectivity index (χ2v) is 5.15. The zero-order valence-corrected chi connectivity index (χ0v) is 12.4. The van der Waals surface area contributed by atoms with Gasteiger partial charge >= 0.3 is 0 Å². The molecule has 2 aromatic carbocycles. The van der Waals surface area contributed by atoms with Gasteiger partial charge in [-0.1, -0.05) is 47.5 Å². The molecule has 0 saturated heterocycles. The molecule has 1 amide bonds. The SMILES string of the molecule is Cc1ccccc1NC(=O)C=Cc1ccc(Cl)cc1Cl. The Morgan fingerprint density at radius 2 is 1.90 bits per heavy atom. The molecule has 0 saturated carbocycles. The highest BCUT2D eigenvalue weighted by Crippen LogP contribution is 2.22. The first-order valence-corrected chi connectivity index (χ1v) is 6.81. The van der Waals surface area contributed by atoms with Crippen LogP contribution >= 0.6 is 23.2 Å². The number of hydrogen-bond donors (Lipinski definition) is 1. The number of benzene rings is 2. The minimum Gasteiger partial charge on any atom is -0.322 e. The van der Waals surface area contributed by atoms with Crippen LogP contribution in [0, 0.1) is 6.92 Å². The molecule has 4 heteroatoms. The van der Waals surface area contributed by atoms with Crippen LogP contribution in [0.5, 0.6) is 0 Å². The lowest BCUT2D eigenvalue weighted by Gasteiger charge is -2.05. The van der Waals surface area contributed by atoms with Gasteiger partial charge in [-0.05, 0) is 42.3 Å². The van der Waals surface area contributed by atoms with E-state index in [1.165, 1.54) is 6.08 Å². The number of carbonyl (C=O) groups excluding carboxylic acids is 1. The van der Waals surface area contributed by atoms with Crippen molar-refractivity contribution in [2.45, 2.75) is 6.92 Å². The highest BCUT2D eigenvalue weighted by Gasteiger charge is 2.02. The average molecular weight is 306 g/mol. The number of halogens is 2. The summed E-state index contributed by atoms with van der Waals surface area (Å²) in [6.07, 6.45) is 3.10. The van der Waals surface area contributed by atoms with Crippen molar-refractivity contribution >= 4 is 40.9 Å². The summed E-state index contributed by atoms with van der Waals surface area (Å²) >= 11 is 11.8. The van der Waals surface area contributed by atoms with Crippen LogP contribution in [0.2, 0.25) is 10.0 Å². The van der Waals surface area contributed by atoms with Crippen LogP contribution in [0.25, 0.3) is 6.08 Å². The van der Waals surface area contributed by atoms with E-state index in [-0.39, 0.29) is 5.91 Å². The molecule has 2 rings (SSSR count). The van der Waals surface area contributed by atoms with Crippen molar-refractivity contribution in [2.75, 3.05) is 5.32 Å². The standard InChI is InChI=1S/C16H13Cl2NO/c1-11-4-2-3-5-15(11)19-16(20)9-7-12-6-8-13(17)10-14(12)18/h2-10H,1H3,(H,19,20). The monoisotopic (exact) mass is 305 g/mol. The summed E-state index contributed by atoms with van der Waals surface area (Å²) in [5, 5.41) is 3.89. The van der Waals surface area contributed by atoms with E-state index in [1.54, 1.807) is 24.3 Å². The van der Waals surface area contributed by atoms with Gasteiger partial charge in [-0.25, -0.2) is 0 Å². The maximum atomic E-state index is 11.8. The molecule has 2 aromatic rings. The molecule has 0 fully saturated rings. The third kappa shape index (κ3) is 3.86. The Bertz CT molecular complexity index is 665. The maximum absolute atomic E-state index is 11.8. The zero-order valence-electron chi connectivity index (χ0n) is 10.9. The predicted octanol–water partition coefficient (Wildman–Crippen LogP) is 4.95. The minimum absolute atomic E-state index is 0.203. The van der Waals surface area contributed by atoms with Crippen LogP contribution < -0.4 is 5.32 Å². The normalized spacial score (nSPS) is 10.8. The second kappa shape index (κ2) is 6.60. The van der Waals surface area contributed by atoms with Crippen molar-refractivity contribution in [1.82, 2.24) is 0 Å². The molecule has 0 spiro atoms. The number of aryl methyl sites for hydroxylation is 1. The summed E-state index contributed by atoms with van der Waals surface area (Å²) < 4.78 is 0. The van der Waals surface area contributed by atoms with E-state index in [2.05, 4.69) is 5.32 Å². The van der Waals surface area contributed by atoms with E-state index in [9.17, 15) is 4.79 Å². The summed E-state index contributed by atoms with van der Waals surface area (Å²) in [6, 6.07) is 12.7. The van der Waals surface area contributed by atoms with Gasteiger partial charge in [0.2, 0.25) is 5.91 Å². The minimum atomic E-state index is -0.203. The highest BCUT2D eigenvalue weighted by atomic mass is 35.5. The van der Waals surface area contributed by atoms with Gasteiger partial charge in [0, 0.05) is 21.8 Å². The van der Waals surface area contributed by atoms with E-state index in [4.69, 9.17) is 23.2 Å². The molecule has 2 nitrogen and oxygen atoms in total. The molecule has 0 heterocycles. The first-order chi connectivity index (χ1) is 9.56. The van der Waals surface area contributed by atoms with E-state index in [0.29, 0.717) is 10.0 Å². The topological polar surface area (TPSA) is 29.1 Å². The van der Waals surface area contributed by atoms with Crippen LogP contribution in [0.3, 0.4) is 0 Å². The fraction of sp³-hybridized carbons (Fsp3) is 0.0625. The largest absolute Gasteiger partial charge is 0.322 e. The van der Waals surface area contributed by atoms with E-state index >= 15 is 0 Å². The Kier molecular flexibility index (Phi) is 4.83. The van der Waals surface area contributed by atoms with Gasteiger partial charge in [0.05, 0.1) is 0 Å². The lowest BCUT2D eigenvalue weighted by molar-refractivity contribution is -0.111. The average Bonchev–Trinajstić information content (AvgIpc) is 2.40. The summed E-state index contributed by atoms with van der Waals surface area (Å²) in [5.74, 6) is -0.203. The Labute approximate surface area is 128 Å². The smallest absolute Gasteiger partial charge is 0.248 e. The first-order valence-electron chi connectivity index (χ1n) is 6.06. The maximum Gasteiger partial charge on any atom is 0.248 e. The van der Waals surface area contributed by atoms with Crippen LogP contribution in [0.1, 0.15) is 11.1 Å². The van der Waals surface area contributed by atoms with Gasteiger partial charge in [-0.15, -0.1) is 0 Å². The quantitative estimate of drug-likeness (QED) is 0.798. The Hall–Kier alpha value is -1.77. The number of nitrogens with one attached hydrogen (secondary N) is 1. The summed E-state index contributed by atoms with van der Waals surface area (Å²) in [5.41, 5.74) is 2.55. The van der Waals surface area contributed by atoms with Gasteiger partial charge in [-0.3, -0.25) is 4.79 Å². The number of amides is 1. The summed E-state index contributed by atoms with van der Waals surface area (Å²) in [7, 11) is 0. The van der Waals surface area contributed by atoms with Gasteiger partial charge in [0.25, 0.3) is 0 Å². The predicted molar refractivity (Wildman–Crippen MR) is 85.3 cm³/mol. The molecule has 20 heavy (non-hydrogen) atoms. The van der Waals surface area contributed by atoms with Crippen molar-refractivity contribution in [2.24, 2.45) is 0 Å². The molecule has 0 bridgehead atoms. The van der Waals surface area contributed by atoms with Crippen molar-refractivity contribution in [3.05, 3.63) is 69.7 Å². The Morgan fingerprint density at radius 3 is 2.60 bits per heavy atom. The molecule has 0 aromatic heterocycles. The van der Waals surface area contributed by atoms with Crippen LogP contribution in [0.4, 0.5) is 5.69 Å². The number of para-hydroxylation sites is 1. The van der Waals surface area contributed by atoms with Crippen molar-refractivity contribution in [3.8, 4) is 0 Å². The molecule has 0 unspecified atom stereocenters. The molecule has 1 N–H and O–H groups in total. The lowest BCUT2D eigenvalue weighted by atomic mass is 10.2. The first kappa shape index (κ1) is 14.6. The third-order valence-corrected chi connectivity index (χ3v) is 3.34. The molecule has 0 aliphatic heterocycles. The number of rotatable bonds is 3. The molecular weight excluding hydrogens is 293 g/mol. The zero-order chi connectivity index (χ0) is 14.5. The fourth-order valence-corrected chi connectivity index (χ4v) is 2.16. The molecule has 0 aliphatic rings. The molecule has 102 valence electrons. The Balaban J connectivity index is 2.08. The van der Waals surface area contributed by atoms with Crippen LogP contribution in [-0.4, -0.2) is 5.91 Å². The van der Waals surface area contributed by atoms with Gasteiger partial charge in [0.1, 0.15) is 0 Å². The summed E-state index contributed by atoms with van der Waals surface area (Å²) in [6.45, 7) is 1.94. The van der Waals surface area contributed by atoms with E-state index < -0.39 is 0 Å². The second-order valence-electron chi connectivity index (χ2n) is 4.30. The molecule has 0 atom stereocenters. The Morgan fingerprint density at radius 1 is 1.15 bits per heavy atom. The van der Waals surface area contributed by atoms with Crippen molar-refractivity contribution in [1.29, 1.82) is 0 Å². The van der Waals surface area contributed by atoms with E-state index in [0.717, 1.165) is 16.8 Å². The van der Waals surface area contributed by atoms with E-state index in [1.807, 2.05) is 31.2 Å². The van der Waals surface area contributed by atoms with Gasteiger partial charge in [-0.2, -0.15) is 0 Å². The summed E-state index contributed by atoms with van der Waals surface area (Å²) in [4.78, 5) is 11.8. The molecular formula is C16H13Cl2NO. The van der Waals surface area contributed by atoms with Crippen molar-refractivity contribution < 1.29 is 4.79 Å². The molecule has 0 radical (unpaired) electrons. The molecule has 0 aliphatic carbocycles. The number of hydrogen-bond acceptors (Lipinski definition) is 1. The van der Waals surface area contributed by atoms with Crippen LogP contribution in [0.15, 0.2) is 48.5 Å². The number of carbonyl (C=O) groups is 1. The van der Waals surface area contributed by atoms with Crippen molar-refractivity contribution in [3.63, 3.8) is 0 Å². The van der Waals surface area contributed by atoms with Gasteiger partial charge < -0.3 is 5.32 Å². The highest BCUT2D eigenvalue weighted by molar-refractivity contribution is 6.35. The number of anilines is 1.